The van der Waals surface area contributed by atoms with Crippen molar-refractivity contribution in [2.45, 2.75) is 13.0 Å². The number of rotatable bonds is 4. The Kier molecular flexibility index (Phi) is 4.64. The van der Waals surface area contributed by atoms with Crippen molar-refractivity contribution in [1.29, 1.82) is 0 Å². The number of ether oxygens (including phenoxy) is 1. The molecule has 2 N–H and O–H groups in total. The van der Waals surface area contributed by atoms with Crippen LogP contribution in [0.1, 0.15) is 18.5 Å². The van der Waals surface area contributed by atoms with Gasteiger partial charge in [0.05, 0.1) is 0 Å². The molecule has 0 aliphatic carbocycles. The second kappa shape index (κ2) is 5.54. The maximum atomic E-state index is 5.89. The Morgan fingerprint density at radius 1 is 1.67 bits per heavy atom. The van der Waals surface area contributed by atoms with Gasteiger partial charge in [0.1, 0.15) is 12.4 Å². The van der Waals surface area contributed by atoms with Gasteiger partial charge >= 0.3 is 0 Å². The molecule has 15 heavy (non-hydrogen) atoms. The fraction of sp³-hybridized carbons (Fsp3) is 0.273. The molecule has 1 aromatic rings. The number of benzene rings is 1. The molecule has 0 spiro atoms. The van der Waals surface area contributed by atoms with Crippen molar-refractivity contribution >= 4 is 27.5 Å². The molecule has 4 heteroatoms. The van der Waals surface area contributed by atoms with E-state index in [4.69, 9.17) is 22.1 Å². The van der Waals surface area contributed by atoms with Crippen LogP contribution >= 0.6 is 27.5 Å². The first-order chi connectivity index (χ1) is 7.00. The first kappa shape index (κ1) is 12.6. The lowest BCUT2D eigenvalue weighted by atomic mass is 10.1. The van der Waals surface area contributed by atoms with Gasteiger partial charge in [0, 0.05) is 21.1 Å². The van der Waals surface area contributed by atoms with Crippen molar-refractivity contribution in [3.8, 4) is 5.75 Å². The van der Waals surface area contributed by atoms with Crippen LogP contribution in [0.2, 0.25) is 5.02 Å². The molecule has 2 nitrogen and oxygen atoms in total. The summed E-state index contributed by atoms with van der Waals surface area (Å²) in [6.07, 6.45) is 0. The van der Waals surface area contributed by atoms with Gasteiger partial charge in [0.25, 0.3) is 0 Å². The molecule has 0 saturated heterocycles. The molecule has 0 heterocycles. The quantitative estimate of drug-likeness (QED) is 0.918. The van der Waals surface area contributed by atoms with Gasteiger partial charge in [0.15, 0.2) is 0 Å². The van der Waals surface area contributed by atoms with Crippen molar-refractivity contribution < 1.29 is 4.74 Å². The van der Waals surface area contributed by atoms with Crippen LogP contribution in [0, 0.1) is 0 Å². The minimum atomic E-state index is -0.109. The van der Waals surface area contributed by atoms with Crippen molar-refractivity contribution in [2.24, 2.45) is 5.73 Å². The highest BCUT2D eigenvalue weighted by Crippen LogP contribution is 2.27. The van der Waals surface area contributed by atoms with Crippen molar-refractivity contribution in [3.05, 3.63) is 39.8 Å². The van der Waals surface area contributed by atoms with Crippen LogP contribution in [0.5, 0.6) is 5.75 Å². The molecule has 0 unspecified atom stereocenters. The van der Waals surface area contributed by atoms with E-state index in [-0.39, 0.29) is 6.04 Å². The van der Waals surface area contributed by atoms with E-state index < -0.39 is 0 Å². The zero-order valence-electron chi connectivity index (χ0n) is 8.47. The predicted octanol–water partition coefficient (Wildman–Crippen LogP) is 3.65. The van der Waals surface area contributed by atoms with Crippen LogP contribution in [0.3, 0.4) is 0 Å². The molecule has 0 aliphatic rings. The third-order valence-corrected chi connectivity index (χ3v) is 2.31. The molecule has 0 fully saturated rings. The molecule has 0 aromatic heterocycles. The van der Waals surface area contributed by atoms with Gasteiger partial charge in [-0.1, -0.05) is 34.1 Å². The summed E-state index contributed by atoms with van der Waals surface area (Å²) >= 11 is 9.12. The van der Waals surface area contributed by atoms with Gasteiger partial charge in [-0.2, -0.15) is 0 Å². The zero-order chi connectivity index (χ0) is 11.4. The van der Waals surface area contributed by atoms with E-state index in [2.05, 4.69) is 22.5 Å². The average Bonchev–Trinajstić information content (AvgIpc) is 2.15. The number of hydrogen-bond donors (Lipinski definition) is 1. The third kappa shape index (κ3) is 3.86. The van der Waals surface area contributed by atoms with Crippen molar-refractivity contribution in [2.75, 3.05) is 6.61 Å². The van der Waals surface area contributed by atoms with Gasteiger partial charge in [0.2, 0.25) is 0 Å². The minimum Gasteiger partial charge on any atom is -0.488 e. The van der Waals surface area contributed by atoms with Gasteiger partial charge in [-0.15, -0.1) is 0 Å². The molecule has 82 valence electrons. The lowest BCUT2D eigenvalue weighted by Gasteiger charge is -2.13. The van der Waals surface area contributed by atoms with Crippen LogP contribution in [0.15, 0.2) is 29.3 Å². The Morgan fingerprint density at radius 3 is 2.87 bits per heavy atom. The van der Waals surface area contributed by atoms with E-state index >= 15 is 0 Å². The molecular weight excluding hydrogens is 277 g/mol. The van der Waals surface area contributed by atoms with Crippen molar-refractivity contribution in [3.63, 3.8) is 0 Å². The number of halogens is 2. The number of nitrogens with two attached hydrogens (primary N) is 1. The van der Waals surface area contributed by atoms with Crippen LogP contribution in [-0.4, -0.2) is 6.61 Å². The minimum absolute atomic E-state index is 0.109. The van der Waals surface area contributed by atoms with E-state index in [0.29, 0.717) is 11.6 Å². The Hall–Kier alpha value is -0.510. The Labute approximate surface area is 103 Å². The SMILES string of the molecule is C=C(Br)COc1ccc(Cl)cc1[C@@H](C)N. The fourth-order valence-electron chi connectivity index (χ4n) is 1.16. The summed E-state index contributed by atoms with van der Waals surface area (Å²) in [6, 6.07) is 5.30. The molecule has 0 saturated carbocycles. The number of hydrogen-bond acceptors (Lipinski definition) is 2. The van der Waals surface area contributed by atoms with E-state index in [1.165, 1.54) is 0 Å². The highest BCUT2D eigenvalue weighted by molar-refractivity contribution is 9.11. The Balaban J connectivity index is 2.90. The predicted molar refractivity (Wildman–Crippen MR) is 67.6 cm³/mol. The first-order valence-corrected chi connectivity index (χ1v) is 5.69. The van der Waals surface area contributed by atoms with Gasteiger partial charge in [-0.05, 0) is 25.1 Å². The maximum Gasteiger partial charge on any atom is 0.124 e. The normalized spacial score (nSPS) is 12.3. The fourth-order valence-corrected chi connectivity index (χ4v) is 1.46. The summed E-state index contributed by atoms with van der Waals surface area (Å²) in [5.74, 6) is 0.745. The van der Waals surface area contributed by atoms with E-state index in [1.807, 2.05) is 19.1 Å². The van der Waals surface area contributed by atoms with Crippen LogP contribution in [0.25, 0.3) is 0 Å². The second-order valence-electron chi connectivity index (χ2n) is 3.28. The first-order valence-electron chi connectivity index (χ1n) is 4.52. The molecule has 1 atom stereocenters. The average molecular weight is 291 g/mol. The van der Waals surface area contributed by atoms with Crippen LogP contribution < -0.4 is 10.5 Å². The topological polar surface area (TPSA) is 35.2 Å². The molecule has 0 radical (unpaired) electrons. The van der Waals surface area contributed by atoms with Gasteiger partial charge in [-0.3, -0.25) is 0 Å². The summed E-state index contributed by atoms with van der Waals surface area (Å²) in [5, 5.41) is 0.660. The Bertz CT molecular complexity index is 366. The largest absolute Gasteiger partial charge is 0.488 e. The van der Waals surface area contributed by atoms with Crippen LogP contribution in [-0.2, 0) is 0 Å². The Morgan fingerprint density at radius 2 is 2.33 bits per heavy atom. The highest BCUT2D eigenvalue weighted by Gasteiger charge is 2.08. The molecule has 1 aromatic carbocycles. The van der Waals surface area contributed by atoms with Crippen molar-refractivity contribution in [1.82, 2.24) is 0 Å². The monoisotopic (exact) mass is 289 g/mol. The smallest absolute Gasteiger partial charge is 0.124 e. The summed E-state index contributed by atoms with van der Waals surface area (Å²) in [4.78, 5) is 0. The summed E-state index contributed by atoms with van der Waals surface area (Å²) < 4.78 is 6.32. The van der Waals surface area contributed by atoms with E-state index in [1.54, 1.807) is 6.07 Å². The van der Waals surface area contributed by atoms with Gasteiger partial charge in [-0.25, -0.2) is 0 Å². The standard InChI is InChI=1S/C11H13BrClNO/c1-7(12)6-15-11-4-3-9(13)5-10(11)8(2)14/h3-5,8H,1,6,14H2,2H3/t8-/m1/s1. The highest BCUT2D eigenvalue weighted by atomic mass is 79.9. The summed E-state index contributed by atoms with van der Waals surface area (Å²) in [7, 11) is 0. The maximum absolute atomic E-state index is 5.89. The molecule has 0 bridgehead atoms. The lowest BCUT2D eigenvalue weighted by molar-refractivity contribution is 0.355. The summed E-state index contributed by atoms with van der Waals surface area (Å²) in [6.45, 7) is 6.00. The van der Waals surface area contributed by atoms with Gasteiger partial charge < -0.3 is 10.5 Å². The molecule has 0 amide bonds. The summed E-state index contributed by atoms with van der Waals surface area (Å²) in [5.41, 5.74) is 6.72. The third-order valence-electron chi connectivity index (χ3n) is 1.85. The molecular formula is C11H13BrClNO. The zero-order valence-corrected chi connectivity index (χ0v) is 10.8. The van der Waals surface area contributed by atoms with E-state index in [9.17, 15) is 0 Å². The van der Waals surface area contributed by atoms with Crippen LogP contribution in [0.4, 0.5) is 0 Å². The van der Waals surface area contributed by atoms with E-state index in [0.717, 1.165) is 15.8 Å². The molecule has 1 rings (SSSR count). The molecule has 0 aliphatic heterocycles. The second-order valence-corrected chi connectivity index (χ2v) is 4.83. The lowest BCUT2D eigenvalue weighted by Crippen LogP contribution is -2.08.